The molecule has 0 radical (unpaired) electrons. The molecule has 136 valence electrons. The molecule has 1 atom stereocenters. The highest BCUT2D eigenvalue weighted by Crippen LogP contribution is 2.24. The molecule has 2 rings (SSSR count). The van der Waals surface area contributed by atoms with Crippen LogP contribution in [0.15, 0.2) is 30.9 Å². The number of carbonyl (C=O) groups is 5. The Kier molecular flexibility index (Phi) is 5.51. The zero-order valence-corrected chi connectivity index (χ0v) is 14.2. The molecule has 0 aliphatic carbocycles. The number of nitrogens with zero attached hydrogens (tertiary/aromatic N) is 1. The van der Waals surface area contributed by atoms with Crippen molar-refractivity contribution in [2.75, 3.05) is 13.6 Å². The highest BCUT2D eigenvalue weighted by Gasteiger charge is 2.35. The van der Waals surface area contributed by atoms with Crippen molar-refractivity contribution in [2.24, 2.45) is 0 Å². The van der Waals surface area contributed by atoms with Crippen LogP contribution in [-0.2, 0) is 9.53 Å². The average Bonchev–Trinajstić information content (AvgIpc) is 2.86. The number of rotatable bonds is 5. The lowest BCUT2D eigenvalue weighted by Crippen LogP contribution is -2.43. The molecule has 1 heterocycles. The highest BCUT2D eigenvalue weighted by molar-refractivity contribution is 6.22. The summed E-state index contributed by atoms with van der Waals surface area (Å²) in [6.45, 7) is 4.84. The second kappa shape index (κ2) is 7.60. The lowest BCUT2D eigenvalue weighted by molar-refractivity contribution is -0.127. The maximum Gasteiger partial charge on any atom is 0.338 e. The molecule has 1 aromatic rings. The number of hydrogen-bond acceptors (Lipinski definition) is 6. The summed E-state index contributed by atoms with van der Waals surface area (Å²) in [5, 5.41) is 4.17. The monoisotopic (exact) mass is 359 g/mol. The summed E-state index contributed by atoms with van der Waals surface area (Å²) in [5.41, 5.74) is 0.262. The largest absolute Gasteiger partial charge is 0.449 e. The second-order valence-corrected chi connectivity index (χ2v) is 5.39. The number of ether oxygens (including phenoxy) is 1. The smallest absolute Gasteiger partial charge is 0.338 e. The number of imide groups is 2. The van der Waals surface area contributed by atoms with E-state index in [9.17, 15) is 24.0 Å². The fourth-order valence-electron chi connectivity index (χ4n) is 2.27. The molecule has 0 saturated carbocycles. The first kappa shape index (κ1) is 18.8. The predicted molar refractivity (Wildman–Crippen MR) is 89.5 cm³/mol. The molecule has 1 unspecified atom stereocenters. The van der Waals surface area contributed by atoms with Gasteiger partial charge in [-0.15, -0.1) is 6.58 Å². The first-order valence-corrected chi connectivity index (χ1v) is 7.64. The Morgan fingerprint density at radius 1 is 1.23 bits per heavy atom. The highest BCUT2D eigenvalue weighted by atomic mass is 16.5. The number of carbonyl (C=O) groups excluding carboxylic acids is 5. The van der Waals surface area contributed by atoms with E-state index in [-0.39, 0.29) is 23.2 Å². The number of fused-ring (bicyclic) bond motifs is 1. The molecule has 0 saturated heterocycles. The maximum atomic E-state index is 12.3. The summed E-state index contributed by atoms with van der Waals surface area (Å²) < 4.78 is 4.98. The molecule has 0 bridgehead atoms. The minimum atomic E-state index is -1.23. The minimum absolute atomic E-state index is 0.00458. The quantitative estimate of drug-likeness (QED) is 0.448. The van der Waals surface area contributed by atoms with Gasteiger partial charge in [0.2, 0.25) is 0 Å². The predicted octanol–water partition coefficient (Wildman–Crippen LogP) is 0.469. The Morgan fingerprint density at radius 2 is 1.88 bits per heavy atom. The summed E-state index contributed by atoms with van der Waals surface area (Å²) in [4.78, 5) is 60.4. The van der Waals surface area contributed by atoms with E-state index in [1.54, 1.807) is 0 Å². The van der Waals surface area contributed by atoms with Crippen molar-refractivity contribution < 1.29 is 28.7 Å². The van der Waals surface area contributed by atoms with Crippen LogP contribution in [0.25, 0.3) is 0 Å². The van der Waals surface area contributed by atoms with Crippen molar-refractivity contribution in [2.45, 2.75) is 13.0 Å². The van der Waals surface area contributed by atoms with Gasteiger partial charge >= 0.3 is 12.0 Å². The number of benzene rings is 1. The van der Waals surface area contributed by atoms with E-state index in [1.165, 1.54) is 38.2 Å². The van der Waals surface area contributed by atoms with Crippen LogP contribution in [0, 0.1) is 0 Å². The van der Waals surface area contributed by atoms with Gasteiger partial charge in [-0.05, 0) is 25.1 Å². The van der Waals surface area contributed by atoms with E-state index in [2.05, 4.69) is 11.9 Å². The molecule has 0 fully saturated rings. The first-order chi connectivity index (χ1) is 12.3. The van der Waals surface area contributed by atoms with Crippen LogP contribution in [0.1, 0.15) is 38.0 Å². The Hall–Kier alpha value is -3.49. The van der Waals surface area contributed by atoms with E-state index in [0.29, 0.717) is 0 Å². The normalized spacial score (nSPS) is 13.7. The topological polar surface area (TPSA) is 122 Å². The average molecular weight is 359 g/mol. The Bertz CT molecular complexity index is 817. The summed E-state index contributed by atoms with van der Waals surface area (Å²) in [6.07, 6.45) is 0.187. The van der Waals surface area contributed by atoms with Gasteiger partial charge in [-0.25, -0.2) is 9.59 Å². The number of nitrogens with one attached hydrogen (secondary N) is 2. The van der Waals surface area contributed by atoms with Gasteiger partial charge in [-0.2, -0.15) is 0 Å². The Balaban J connectivity index is 2.14. The zero-order chi connectivity index (χ0) is 19.4. The van der Waals surface area contributed by atoms with Gasteiger partial charge in [-0.3, -0.25) is 24.6 Å². The summed E-state index contributed by atoms with van der Waals surface area (Å²) >= 11 is 0. The lowest BCUT2D eigenvalue weighted by Gasteiger charge is -2.12. The molecule has 9 nitrogen and oxygen atoms in total. The van der Waals surface area contributed by atoms with Gasteiger partial charge in [0.05, 0.1) is 16.7 Å². The van der Waals surface area contributed by atoms with Gasteiger partial charge in [0.15, 0.2) is 6.10 Å². The number of esters is 1. The third-order valence-corrected chi connectivity index (χ3v) is 3.63. The van der Waals surface area contributed by atoms with E-state index in [4.69, 9.17) is 4.74 Å². The molecule has 0 spiro atoms. The lowest BCUT2D eigenvalue weighted by atomic mass is 10.1. The van der Waals surface area contributed by atoms with Crippen LogP contribution >= 0.6 is 0 Å². The van der Waals surface area contributed by atoms with Crippen molar-refractivity contribution >= 4 is 29.7 Å². The standard InChI is InChI=1S/C17H17N3O6/c1-4-7-20-14(22)11-6-5-10(8-12(11)15(20)23)16(24)26-9(2)13(21)19-17(25)18-3/h4-6,8-9H,1,7H2,2-3H3,(H2,18,19,21,25). The molecule has 2 N–H and O–H groups in total. The van der Waals surface area contributed by atoms with Crippen molar-refractivity contribution in [3.05, 3.63) is 47.5 Å². The molecule has 1 aromatic carbocycles. The third-order valence-electron chi connectivity index (χ3n) is 3.63. The summed E-state index contributed by atoms with van der Waals surface area (Å²) in [6, 6.07) is 3.18. The van der Waals surface area contributed by atoms with Gasteiger partial charge in [0.25, 0.3) is 17.7 Å². The van der Waals surface area contributed by atoms with Crippen LogP contribution in [-0.4, -0.2) is 54.3 Å². The van der Waals surface area contributed by atoms with E-state index >= 15 is 0 Å². The van der Waals surface area contributed by atoms with Crippen molar-refractivity contribution in [3.63, 3.8) is 0 Å². The Labute approximate surface area is 149 Å². The van der Waals surface area contributed by atoms with Gasteiger partial charge in [0.1, 0.15) is 0 Å². The van der Waals surface area contributed by atoms with Crippen LogP contribution in [0.2, 0.25) is 0 Å². The third kappa shape index (κ3) is 3.61. The summed E-state index contributed by atoms with van der Waals surface area (Å²) in [5.74, 6) is -2.68. The van der Waals surface area contributed by atoms with Crippen LogP contribution in [0.5, 0.6) is 0 Å². The SMILES string of the molecule is C=CCN1C(=O)c2ccc(C(=O)OC(C)C(=O)NC(=O)NC)cc2C1=O. The van der Waals surface area contributed by atoms with Crippen molar-refractivity contribution in [1.82, 2.24) is 15.5 Å². The van der Waals surface area contributed by atoms with Crippen molar-refractivity contribution in [3.8, 4) is 0 Å². The van der Waals surface area contributed by atoms with Crippen LogP contribution in [0.3, 0.4) is 0 Å². The molecular weight excluding hydrogens is 342 g/mol. The van der Waals surface area contributed by atoms with Gasteiger partial charge in [-0.1, -0.05) is 6.08 Å². The van der Waals surface area contributed by atoms with Gasteiger partial charge in [0, 0.05) is 13.6 Å². The molecule has 0 aromatic heterocycles. The van der Waals surface area contributed by atoms with E-state index in [1.807, 2.05) is 5.32 Å². The molecule has 9 heteroatoms. The van der Waals surface area contributed by atoms with Crippen molar-refractivity contribution in [1.29, 1.82) is 0 Å². The molecule has 5 amide bonds. The number of amides is 5. The second-order valence-electron chi connectivity index (χ2n) is 5.39. The molecule has 26 heavy (non-hydrogen) atoms. The zero-order valence-electron chi connectivity index (χ0n) is 14.2. The van der Waals surface area contributed by atoms with E-state index in [0.717, 1.165) is 4.90 Å². The fourth-order valence-corrected chi connectivity index (χ4v) is 2.27. The molecule has 1 aliphatic heterocycles. The van der Waals surface area contributed by atoms with E-state index < -0.39 is 35.8 Å². The van der Waals surface area contributed by atoms with Crippen LogP contribution < -0.4 is 10.6 Å². The minimum Gasteiger partial charge on any atom is -0.449 e. The van der Waals surface area contributed by atoms with Gasteiger partial charge < -0.3 is 10.1 Å². The fraction of sp³-hybridized carbons (Fsp3) is 0.235. The summed E-state index contributed by atoms with van der Waals surface area (Å²) in [7, 11) is 1.33. The van der Waals surface area contributed by atoms with Crippen LogP contribution in [0.4, 0.5) is 4.79 Å². The number of hydrogen-bond donors (Lipinski definition) is 2. The maximum absolute atomic E-state index is 12.3. The first-order valence-electron chi connectivity index (χ1n) is 7.64. The Morgan fingerprint density at radius 3 is 2.50 bits per heavy atom. The molecular formula is C17H17N3O6. The number of urea groups is 1. The molecule has 1 aliphatic rings.